The molecule has 0 bridgehead atoms. The van der Waals surface area contributed by atoms with E-state index in [9.17, 15) is 5.11 Å². The molecular formula is C24H44O. The third-order valence-electron chi connectivity index (χ3n) is 6.16. The predicted octanol–water partition coefficient (Wildman–Crippen LogP) is 7.45. The summed E-state index contributed by atoms with van der Waals surface area (Å²) in [5.41, 5.74) is 1.10. The normalized spacial score (nSPS) is 24.5. The molecule has 1 rings (SSSR count). The van der Waals surface area contributed by atoms with E-state index in [1.165, 1.54) is 56.9 Å². The van der Waals surface area contributed by atoms with Gasteiger partial charge in [0.25, 0.3) is 0 Å². The van der Waals surface area contributed by atoms with Crippen LogP contribution < -0.4 is 0 Å². The van der Waals surface area contributed by atoms with Gasteiger partial charge in [0.1, 0.15) is 0 Å². The highest BCUT2D eigenvalue weighted by molar-refractivity contribution is 5.33. The van der Waals surface area contributed by atoms with Gasteiger partial charge in [-0.05, 0) is 22.8 Å². The van der Waals surface area contributed by atoms with E-state index in [4.69, 9.17) is 0 Å². The van der Waals surface area contributed by atoms with Crippen LogP contribution in [-0.4, -0.2) is 11.2 Å². The van der Waals surface area contributed by atoms with Crippen molar-refractivity contribution in [2.75, 3.05) is 0 Å². The van der Waals surface area contributed by atoms with Crippen LogP contribution in [0.1, 0.15) is 106 Å². The molecule has 0 spiro atoms. The van der Waals surface area contributed by atoms with Crippen molar-refractivity contribution in [3.8, 4) is 0 Å². The molecule has 0 saturated heterocycles. The van der Waals surface area contributed by atoms with Crippen molar-refractivity contribution in [3.63, 3.8) is 0 Å². The molecular weight excluding hydrogens is 304 g/mol. The van der Waals surface area contributed by atoms with E-state index in [2.05, 4.69) is 66.7 Å². The van der Waals surface area contributed by atoms with Crippen LogP contribution in [-0.2, 0) is 0 Å². The van der Waals surface area contributed by atoms with Crippen molar-refractivity contribution >= 4 is 0 Å². The van der Waals surface area contributed by atoms with Crippen molar-refractivity contribution < 1.29 is 5.11 Å². The summed E-state index contributed by atoms with van der Waals surface area (Å²) in [6, 6.07) is 0. The Morgan fingerprint density at radius 2 is 1.40 bits per heavy atom. The Balaban J connectivity index is 2.67. The maximum absolute atomic E-state index is 11.3. The molecule has 146 valence electrons. The summed E-state index contributed by atoms with van der Waals surface area (Å²) < 4.78 is 0. The van der Waals surface area contributed by atoms with Gasteiger partial charge in [-0.15, -0.1) is 0 Å². The van der Waals surface area contributed by atoms with Gasteiger partial charge < -0.3 is 5.11 Å². The first-order chi connectivity index (χ1) is 11.6. The molecule has 2 atom stereocenters. The molecule has 1 aliphatic rings. The molecule has 1 N–H and O–H groups in total. The van der Waals surface area contributed by atoms with Crippen LogP contribution >= 0.6 is 0 Å². The average Bonchev–Trinajstić information content (AvgIpc) is 2.49. The van der Waals surface area contributed by atoms with Crippen LogP contribution in [0.25, 0.3) is 0 Å². The van der Waals surface area contributed by atoms with Crippen LogP contribution in [0.2, 0.25) is 0 Å². The van der Waals surface area contributed by atoms with Crippen LogP contribution in [0.4, 0.5) is 0 Å². The summed E-state index contributed by atoms with van der Waals surface area (Å²) in [5, 5.41) is 11.3. The summed E-state index contributed by atoms with van der Waals surface area (Å²) >= 11 is 0. The molecule has 0 fully saturated rings. The Bertz CT molecular complexity index is 444. The maximum Gasteiger partial charge on any atom is 0.0854 e. The van der Waals surface area contributed by atoms with Crippen molar-refractivity contribution in [3.05, 3.63) is 23.8 Å². The first kappa shape index (κ1) is 22.5. The molecule has 0 aliphatic heterocycles. The van der Waals surface area contributed by atoms with E-state index in [0.717, 1.165) is 6.42 Å². The first-order valence-corrected chi connectivity index (χ1v) is 10.6. The fourth-order valence-electron chi connectivity index (χ4n) is 4.25. The molecule has 25 heavy (non-hydrogen) atoms. The Labute approximate surface area is 158 Å². The Morgan fingerprint density at radius 1 is 0.880 bits per heavy atom. The van der Waals surface area contributed by atoms with Gasteiger partial charge in [0.2, 0.25) is 0 Å². The number of unbranched alkanes of at least 4 members (excludes halogenated alkanes) is 7. The lowest BCUT2D eigenvalue weighted by atomic mass is 9.56. The zero-order valence-electron chi connectivity index (χ0n) is 18.1. The van der Waals surface area contributed by atoms with E-state index in [1.54, 1.807) is 0 Å². The van der Waals surface area contributed by atoms with Gasteiger partial charge in [-0.1, -0.05) is 118 Å². The van der Waals surface area contributed by atoms with Crippen molar-refractivity contribution in [1.29, 1.82) is 0 Å². The highest BCUT2D eigenvalue weighted by Gasteiger charge is 2.48. The second-order valence-electron chi connectivity index (χ2n) is 10.1. The van der Waals surface area contributed by atoms with Gasteiger partial charge in [0.05, 0.1) is 6.10 Å². The fraction of sp³-hybridized carbons (Fsp3) is 0.833. The zero-order valence-corrected chi connectivity index (χ0v) is 18.1. The van der Waals surface area contributed by atoms with Gasteiger partial charge in [-0.2, -0.15) is 0 Å². The minimum atomic E-state index is -0.373. The molecule has 2 unspecified atom stereocenters. The summed E-state index contributed by atoms with van der Waals surface area (Å²) in [7, 11) is 0. The Morgan fingerprint density at radius 3 is 1.88 bits per heavy atom. The lowest BCUT2D eigenvalue weighted by Crippen LogP contribution is -2.48. The van der Waals surface area contributed by atoms with Gasteiger partial charge >= 0.3 is 0 Å². The molecule has 0 saturated carbocycles. The fourth-order valence-corrected chi connectivity index (χ4v) is 4.25. The summed E-state index contributed by atoms with van der Waals surface area (Å²) in [6.45, 7) is 15.8. The van der Waals surface area contributed by atoms with Crippen molar-refractivity contribution in [2.24, 2.45) is 16.2 Å². The van der Waals surface area contributed by atoms with E-state index in [1.807, 2.05) is 0 Å². The predicted molar refractivity (Wildman–Crippen MR) is 112 cm³/mol. The third kappa shape index (κ3) is 5.98. The number of aliphatic hydroxyl groups is 1. The average molecular weight is 349 g/mol. The molecule has 0 radical (unpaired) electrons. The topological polar surface area (TPSA) is 20.2 Å². The molecule has 0 aromatic carbocycles. The lowest BCUT2D eigenvalue weighted by Gasteiger charge is -2.50. The summed E-state index contributed by atoms with van der Waals surface area (Å²) in [4.78, 5) is 0. The number of hydrogen-bond acceptors (Lipinski definition) is 1. The SMILES string of the molecule is CCCCCCCCCCC1(C(C)(C)C)C=CC=C(C(C)(C)C)C1O. The van der Waals surface area contributed by atoms with Gasteiger partial charge in [0, 0.05) is 5.41 Å². The highest BCUT2D eigenvalue weighted by Crippen LogP contribution is 2.52. The minimum absolute atomic E-state index is 0.0138. The monoisotopic (exact) mass is 348 g/mol. The summed E-state index contributed by atoms with van der Waals surface area (Å²) in [5.74, 6) is 0. The number of aliphatic hydroxyl groups excluding tert-OH is 1. The van der Waals surface area contributed by atoms with E-state index < -0.39 is 0 Å². The highest BCUT2D eigenvalue weighted by atomic mass is 16.3. The van der Waals surface area contributed by atoms with Gasteiger partial charge in [0.15, 0.2) is 0 Å². The van der Waals surface area contributed by atoms with Crippen LogP contribution in [0.15, 0.2) is 23.8 Å². The van der Waals surface area contributed by atoms with Gasteiger partial charge in [-0.25, -0.2) is 0 Å². The molecule has 0 aromatic rings. The second-order valence-corrected chi connectivity index (χ2v) is 10.1. The van der Waals surface area contributed by atoms with Crippen molar-refractivity contribution in [2.45, 2.75) is 112 Å². The van der Waals surface area contributed by atoms with Gasteiger partial charge in [-0.3, -0.25) is 0 Å². The molecule has 1 heteroatoms. The van der Waals surface area contributed by atoms with E-state index in [0.29, 0.717) is 0 Å². The maximum atomic E-state index is 11.3. The Hall–Kier alpha value is -0.560. The first-order valence-electron chi connectivity index (χ1n) is 10.6. The Kier molecular flexibility index (Phi) is 8.45. The lowest BCUT2D eigenvalue weighted by molar-refractivity contribution is -0.0146. The molecule has 0 aromatic heterocycles. The standard InChI is InChI=1S/C24H44O/c1-8-9-10-11-12-13-14-15-18-24(23(5,6)7)19-16-17-20(21(24)25)22(2,3)4/h16-17,19,21,25H,8-15,18H2,1-7H3. The summed E-state index contributed by atoms with van der Waals surface area (Å²) in [6.07, 6.45) is 18.0. The van der Waals surface area contributed by atoms with Crippen LogP contribution in [0.3, 0.4) is 0 Å². The van der Waals surface area contributed by atoms with E-state index >= 15 is 0 Å². The van der Waals surface area contributed by atoms with E-state index in [-0.39, 0.29) is 22.3 Å². The number of hydrogen-bond donors (Lipinski definition) is 1. The molecule has 0 amide bonds. The van der Waals surface area contributed by atoms with Crippen molar-refractivity contribution in [1.82, 2.24) is 0 Å². The number of allylic oxidation sites excluding steroid dienone is 2. The quantitative estimate of drug-likeness (QED) is 0.429. The minimum Gasteiger partial charge on any atom is -0.388 e. The largest absolute Gasteiger partial charge is 0.388 e. The van der Waals surface area contributed by atoms with Crippen LogP contribution in [0, 0.1) is 16.2 Å². The molecule has 0 heterocycles. The molecule has 1 aliphatic carbocycles. The zero-order chi connectivity index (χ0) is 19.1. The molecule has 1 nitrogen and oxygen atoms in total. The third-order valence-corrected chi connectivity index (χ3v) is 6.16. The smallest absolute Gasteiger partial charge is 0.0854 e. The second kappa shape index (κ2) is 9.40. The number of rotatable bonds is 9. The van der Waals surface area contributed by atoms with Crippen LogP contribution in [0.5, 0.6) is 0 Å².